The summed E-state index contributed by atoms with van der Waals surface area (Å²) in [6.45, 7) is 8.30. The van der Waals surface area contributed by atoms with Gasteiger partial charge >= 0.3 is 0 Å². The van der Waals surface area contributed by atoms with Crippen LogP contribution in [0.2, 0.25) is 0 Å². The van der Waals surface area contributed by atoms with Crippen LogP contribution in [-0.4, -0.2) is 24.5 Å². The summed E-state index contributed by atoms with van der Waals surface area (Å²) in [7, 11) is 0. The Bertz CT molecular complexity index is 180. The van der Waals surface area contributed by atoms with Crippen LogP contribution in [0.4, 0.5) is 0 Å². The van der Waals surface area contributed by atoms with Gasteiger partial charge in [-0.1, -0.05) is 84.5 Å². The van der Waals surface area contributed by atoms with E-state index in [1.165, 1.54) is 96.7 Å². The first-order chi connectivity index (χ1) is 9.36. The molecule has 0 atom stereocenters. The van der Waals surface area contributed by atoms with Crippen LogP contribution in [0.1, 0.15) is 90.9 Å². The molecular weight excluding hydrogens is 230 g/mol. The predicted molar refractivity (Wildman–Crippen MR) is 86.7 cm³/mol. The molecule has 1 nitrogen and oxygen atoms in total. The predicted octanol–water partition coefficient (Wildman–Crippen LogP) is 5.64. The minimum Gasteiger partial charge on any atom is -0.304 e. The molecule has 1 aliphatic rings. The van der Waals surface area contributed by atoms with E-state index in [4.69, 9.17) is 0 Å². The zero-order chi connectivity index (χ0) is 13.8. The standard InChI is InChI=1S/C18H37N/c1-3-19(4-2)17-13-8-6-5-7-10-14-18-15-11-9-12-16-18/h18H,3-17H2,1-2H3. The van der Waals surface area contributed by atoms with Crippen molar-refractivity contribution in [2.45, 2.75) is 90.9 Å². The quantitative estimate of drug-likeness (QED) is 0.438. The van der Waals surface area contributed by atoms with Crippen molar-refractivity contribution in [3.8, 4) is 0 Å². The molecule has 0 saturated heterocycles. The molecule has 0 amide bonds. The van der Waals surface area contributed by atoms with Crippen LogP contribution in [0.15, 0.2) is 0 Å². The van der Waals surface area contributed by atoms with E-state index in [0.717, 1.165) is 5.92 Å². The Kier molecular flexibility index (Phi) is 10.5. The summed E-state index contributed by atoms with van der Waals surface area (Å²) in [6, 6.07) is 0. The van der Waals surface area contributed by atoms with E-state index in [1.54, 1.807) is 0 Å². The second-order valence-corrected chi connectivity index (χ2v) is 6.44. The molecule has 1 heteroatoms. The molecule has 0 spiro atoms. The molecule has 1 saturated carbocycles. The van der Waals surface area contributed by atoms with Gasteiger partial charge in [-0.3, -0.25) is 0 Å². The summed E-state index contributed by atoms with van der Waals surface area (Å²) >= 11 is 0. The lowest BCUT2D eigenvalue weighted by atomic mass is 9.85. The van der Waals surface area contributed by atoms with E-state index < -0.39 is 0 Å². The summed E-state index contributed by atoms with van der Waals surface area (Å²) < 4.78 is 0. The van der Waals surface area contributed by atoms with Gasteiger partial charge in [0.1, 0.15) is 0 Å². The number of hydrogen-bond acceptors (Lipinski definition) is 1. The van der Waals surface area contributed by atoms with E-state index in [9.17, 15) is 0 Å². The summed E-state index contributed by atoms with van der Waals surface area (Å²) in [5, 5.41) is 0. The van der Waals surface area contributed by atoms with Gasteiger partial charge in [-0.25, -0.2) is 0 Å². The van der Waals surface area contributed by atoms with Crippen molar-refractivity contribution >= 4 is 0 Å². The van der Waals surface area contributed by atoms with Gasteiger partial charge in [0.05, 0.1) is 0 Å². The SMILES string of the molecule is CCN(CC)CCCCCCCCC1CCCCC1. The van der Waals surface area contributed by atoms with E-state index in [-0.39, 0.29) is 0 Å². The Hall–Kier alpha value is -0.0400. The molecule has 0 aromatic heterocycles. The first-order valence-electron chi connectivity index (χ1n) is 9.09. The minimum absolute atomic E-state index is 1.09. The molecular formula is C18H37N. The highest BCUT2D eigenvalue weighted by Crippen LogP contribution is 2.28. The molecule has 19 heavy (non-hydrogen) atoms. The number of unbranched alkanes of at least 4 members (excludes halogenated alkanes) is 5. The fourth-order valence-electron chi connectivity index (χ4n) is 3.49. The molecule has 0 heterocycles. The molecule has 0 aromatic carbocycles. The molecule has 0 bridgehead atoms. The topological polar surface area (TPSA) is 3.24 Å². The zero-order valence-electron chi connectivity index (χ0n) is 13.6. The normalized spacial score (nSPS) is 17.2. The molecule has 1 aliphatic carbocycles. The van der Waals surface area contributed by atoms with Gasteiger partial charge in [0, 0.05) is 0 Å². The Balaban J connectivity index is 1.80. The lowest BCUT2D eigenvalue weighted by Gasteiger charge is -2.21. The second kappa shape index (κ2) is 11.8. The smallest absolute Gasteiger partial charge is 0.00190 e. The number of rotatable bonds is 11. The third kappa shape index (κ3) is 8.68. The summed E-state index contributed by atoms with van der Waals surface area (Å²) in [4.78, 5) is 2.54. The van der Waals surface area contributed by atoms with Gasteiger partial charge < -0.3 is 4.90 Å². The summed E-state index contributed by atoms with van der Waals surface area (Å²) in [5.74, 6) is 1.09. The summed E-state index contributed by atoms with van der Waals surface area (Å²) in [6.07, 6.45) is 17.9. The second-order valence-electron chi connectivity index (χ2n) is 6.44. The van der Waals surface area contributed by atoms with Gasteiger partial charge in [-0.05, 0) is 32.0 Å². The molecule has 0 radical (unpaired) electrons. The molecule has 114 valence electrons. The average molecular weight is 268 g/mol. The van der Waals surface area contributed by atoms with Crippen LogP contribution in [0.25, 0.3) is 0 Å². The first-order valence-corrected chi connectivity index (χ1v) is 9.09. The third-order valence-electron chi connectivity index (χ3n) is 4.96. The Labute approximate surface area is 122 Å². The van der Waals surface area contributed by atoms with Gasteiger partial charge in [-0.15, -0.1) is 0 Å². The molecule has 0 aromatic rings. The van der Waals surface area contributed by atoms with E-state index in [0.29, 0.717) is 0 Å². The highest BCUT2D eigenvalue weighted by molar-refractivity contribution is 4.65. The maximum Gasteiger partial charge on any atom is -0.00190 e. The summed E-state index contributed by atoms with van der Waals surface area (Å²) in [5.41, 5.74) is 0. The van der Waals surface area contributed by atoms with Crippen molar-refractivity contribution in [3.05, 3.63) is 0 Å². The van der Waals surface area contributed by atoms with Crippen LogP contribution in [0, 0.1) is 5.92 Å². The Morgan fingerprint density at radius 3 is 1.95 bits per heavy atom. The molecule has 0 unspecified atom stereocenters. The van der Waals surface area contributed by atoms with Crippen LogP contribution < -0.4 is 0 Å². The maximum absolute atomic E-state index is 2.54. The average Bonchev–Trinajstić information content (AvgIpc) is 2.47. The number of hydrogen-bond donors (Lipinski definition) is 0. The molecule has 0 aliphatic heterocycles. The van der Waals surface area contributed by atoms with Gasteiger partial charge in [0.15, 0.2) is 0 Å². The monoisotopic (exact) mass is 267 g/mol. The molecule has 1 fully saturated rings. The van der Waals surface area contributed by atoms with Crippen molar-refractivity contribution in [1.82, 2.24) is 4.90 Å². The van der Waals surface area contributed by atoms with Crippen LogP contribution >= 0.6 is 0 Å². The van der Waals surface area contributed by atoms with E-state index >= 15 is 0 Å². The largest absolute Gasteiger partial charge is 0.304 e. The Morgan fingerprint density at radius 2 is 1.32 bits per heavy atom. The van der Waals surface area contributed by atoms with E-state index in [2.05, 4.69) is 18.7 Å². The maximum atomic E-state index is 2.54. The van der Waals surface area contributed by atoms with Crippen molar-refractivity contribution in [1.29, 1.82) is 0 Å². The molecule has 0 N–H and O–H groups in total. The van der Waals surface area contributed by atoms with E-state index in [1.807, 2.05) is 0 Å². The van der Waals surface area contributed by atoms with Crippen molar-refractivity contribution in [2.24, 2.45) is 5.92 Å². The van der Waals surface area contributed by atoms with Crippen molar-refractivity contribution in [3.63, 3.8) is 0 Å². The lowest BCUT2D eigenvalue weighted by Crippen LogP contribution is -2.23. The van der Waals surface area contributed by atoms with Crippen LogP contribution in [0.3, 0.4) is 0 Å². The van der Waals surface area contributed by atoms with Crippen LogP contribution in [-0.2, 0) is 0 Å². The zero-order valence-corrected chi connectivity index (χ0v) is 13.6. The highest BCUT2D eigenvalue weighted by atomic mass is 15.1. The Morgan fingerprint density at radius 1 is 0.737 bits per heavy atom. The van der Waals surface area contributed by atoms with Gasteiger partial charge in [0.25, 0.3) is 0 Å². The third-order valence-corrected chi connectivity index (χ3v) is 4.96. The van der Waals surface area contributed by atoms with Crippen molar-refractivity contribution < 1.29 is 0 Å². The fraction of sp³-hybridized carbons (Fsp3) is 1.00. The van der Waals surface area contributed by atoms with Crippen molar-refractivity contribution in [2.75, 3.05) is 19.6 Å². The minimum atomic E-state index is 1.09. The van der Waals surface area contributed by atoms with Gasteiger partial charge in [-0.2, -0.15) is 0 Å². The lowest BCUT2D eigenvalue weighted by molar-refractivity contribution is 0.294. The highest BCUT2D eigenvalue weighted by Gasteiger charge is 2.12. The first kappa shape index (κ1) is 17.0. The van der Waals surface area contributed by atoms with Crippen LogP contribution in [0.5, 0.6) is 0 Å². The fourth-order valence-corrected chi connectivity index (χ4v) is 3.49. The molecule has 1 rings (SSSR count). The number of nitrogens with zero attached hydrogens (tertiary/aromatic N) is 1. The van der Waals surface area contributed by atoms with Gasteiger partial charge in [0.2, 0.25) is 0 Å².